The molecule has 0 bridgehead atoms. The van der Waals surface area contributed by atoms with Crippen LogP contribution in [0, 0.1) is 0 Å². The zero-order valence-electron chi connectivity index (χ0n) is 11.3. The standard InChI is InChI=1S/C12H19ClN4O2/c1-3-18-9-6-5-7-17(8-9)11-14-10(13)15-12(16-11)19-4-2/h9H,3-8H2,1-2H3. The Balaban J connectivity index is 2.11. The van der Waals surface area contributed by atoms with E-state index < -0.39 is 0 Å². The fraction of sp³-hybridized carbons (Fsp3) is 0.750. The SMILES string of the molecule is CCOc1nc(Cl)nc(N2CCCC(OCC)C2)n1. The first-order valence-corrected chi connectivity index (χ1v) is 7.01. The number of aromatic nitrogens is 3. The molecule has 0 aromatic carbocycles. The highest BCUT2D eigenvalue weighted by Crippen LogP contribution is 2.20. The van der Waals surface area contributed by atoms with Gasteiger partial charge in [-0.2, -0.15) is 15.0 Å². The first-order valence-electron chi connectivity index (χ1n) is 6.63. The van der Waals surface area contributed by atoms with Crippen molar-refractivity contribution in [2.75, 3.05) is 31.2 Å². The molecule has 0 amide bonds. The van der Waals surface area contributed by atoms with Gasteiger partial charge in [-0.3, -0.25) is 0 Å². The molecular weight excluding hydrogens is 268 g/mol. The van der Waals surface area contributed by atoms with Crippen LogP contribution in [0.25, 0.3) is 0 Å². The third-order valence-corrected chi connectivity index (χ3v) is 3.08. The molecule has 2 heterocycles. The second-order valence-corrected chi connectivity index (χ2v) is 4.62. The fourth-order valence-electron chi connectivity index (χ4n) is 2.15. The molecule has 6 nitrogen and oxygen atoms in total. The van der Waals surface area contributed by atoms with Crippen LogP contribution >= 0.6 is 11.6 Å². The number of anilines is 1. The van der Waals surface area contributed by atoms with Crippen LogP contribution in [0.1, 0.15) is 26.7 Å². The number of halogens is 1. The van der Waals surface area contributed by atoms with E-state index in [0.29, 0.717) is 12.6 Å². The average Bonchev–Trinajstić information content (AvgIpc) is 2.39. The van der Waals surface area contributed by atoms with Crippen LogP contribution in [-0.2, 0) is 4.74 Å². The van der Waals surface area contributed by atoms with Gasteiger partial charge in [-0.15, -0.1) is 0 Å². The monoisotopic (exact) mass is 286 g/mol. The van der Waals surface area contributed by atoms with Crippen LogP contribution in [0.5, 0.6) is 6.01 Å². The van der Waals surface area contributed by atoms with E-state index in [-0.39, 0.29) is 17.4 Å². The first-order chi connectivity index (χ1) is 9.22. The summed E-state index contributed by atoms with van der Waals surface area (Å²) in [6.45, 7) is 6.78. The number of hydrogen-bond donors (Lipinski definition) is 0. The Labute approximate surface area is 118 Å². The molecule has 0 aliphatic carbocycles. The molecule has 7 heteroatoms. The molecule has 1 aromatic heterocycles. The molecule has 106 valence electrons. The Bertz CT molecular complexity index is 417. The third kappa shape index (κ3) is 3.91. The van der Waals surface area contributed by atoms with Gasteiger partial charge in [0.15, 0.2) is 0 Å². The quantitative estimate of drug-likeness (QED) is 0.824. The summed E-state index contributed by atoms with van der Waals surface area (Å²) in [6.07, 6.45) is 2.35. The highest BCUT2D eigenvalue weighted by molar-refractivity contribution is 6.28. The van der Waals surface area contributed by atoms with Crippen molar-refractivity contribution in [2.24, 2.45) is 0 Å². The van der Waals surface area contributed by atoms with E-state index in [4.69, 9.17) is 21.1 Å². The van der Waals surface area contributed by atoms with Gasteiger partial charge >= 0.3 is 6.01 Å². The van der Waals surface area contributed by atoms with Gasteiger partial charge in [-0.25, -0.2) is 0 Å². The molecule has 0 N–H and O–H groups in total. The van der Waals surface area contributed by atoms with Crippen molar-refractivity contribution in [3.8, 4) is 6.01 Å². The minimum atomic E-state index is 0.159. The second kappa shape index (κ2) is 6.86. The van der Waals surface area contributed by atoms with Crippen molar-refractivity contribution in [1.82, 2.24) is 15.0 Å². The first kappa shape index (κ1) is 14.3. The van der Waals surface area contributed by atoms with Crippen LogP contribution in [-0.4, -0.2) is 47.4 Å². The van der Waals surface area contributed by atoms with E-state index in [9.17, 15) is 0 Å². The summed E-state index contributed by atoms with van der Waals surface area (Å²) < 4.78 is 11.0. The highest BCUT2D eigenvalue weighted by atomic mass is 35.5. The number of piperidine rings is 1. The second-order valence-electron chi connectivity index (χ2n) is 4.29. The smallest absolute Gasteiger partial charge is 0.322 e. The summed E-state index contributed by atoms with van der Waals surface area (Å²) in [7, 11) is 0. The highest BCUT2D eigenvalue weighted by Gasteiger charge is 2.23. The maximum absolute atomic E-state index is 5.90. The molecular formula is C12H19ClN4O2. The molecule has 1 fully saturated rings. The van der Waals surface area contributed by atoms with Crippen molar-refractivity contribution < 1.29 is 9.47 Å². The van der Waals surface area contributed by atoms with Crippen molar-refractivity contribution in [2.45, 2.75) is 32.8 Å². The van der Waals surface area contributed by atoms with Crippen molar-refractivity contribution >= 4 is 17.5 Å². The molecule has 19 heavy (non-hydrogen) atoms. The van der Waals surface area contributed by atoms with E-state index >= 15 is 0 Å². The number of rotatable bonds is 5. The van der Waals surface area contributed by atoms with Crippen molar-refractivity contribution in [3.05, 3.63) is 5.28 Å². The molecule has 0 saturated carbocycles. The largest absolute Gasteiger partial charge is 0.464 e. The van der Waals surface area contributed by atoms with Crippen LogP contribution < -0.4 is 9.64 Å². The van der Waals surface area contributed by atoms with Gasteiger partial charge in [0, 0.05) is 19.7 Å². The maximum Gasteiger partial charge on any atom is 0.322 e. The van der Waals surface area contributed by atoms with E-state index in [1.54, 1.807) is 0 Å². The number of nitrogens with zero attached hydrogens (tertiary/aromatic N) is 4. The van der Waals surface area contributed by atoms with E-state index in [2.05, 4.69) is 19.9 Å². The summed E-state index contributed by atoms with van der Waals surface area (Å²) in [5.41, 5.74) is 0. The maximum atomic E-state index is 5.90. The zero-order chi connectivity index (χ0) is 13.7. The Kier molecular flexibility index (Phi) is 5.15. The summed E-state index contributed by atoms with van der Waals surface area (Å²) in [5, 5.41) is 0.159. The molecule has 1 saturated heterocycles. The van der Waals surface area contributed by atoms with Gasteiger partial charge in [-0.05, 0) is 38.3 Å². The van der Waals surface area contributed by atoms with Crippen LogP contribution in [0.4, 0.5) is 5.95 Å². The Morgan fingerprint density at radius 2 is 2.11 bits per heavy atom. The molecule has 0 radical (unpaired) electrons. The summed E-state index contributed by atoms with van der Waals surface area (Å²) in [5.74, 6) is 0.563. The molecule has 1 aliphatic heterocycles. The fourth-order valence-corrected chi connectivity index (χ4v) is 2.30. The minimum Gasteiger partial charge on any atom is -0.464 e. The normalized spacial score (nSPS) is 19.5. The van der Waals surface area contributed by atoms with E-state index in [1.165, 1.54) is 0 Å². The van der Waals surface area contributed by atoms with Gasteiger partial charge in [0.1, 0.15) is 0 Å². The minimum absolute atomic E-state index is 0.159. The van der Waals surface area contributed by atoms with Gasteiger partial charge in [0.2, 0.25) is 11.2 Å². The van der Waals surface area contributed by atoms with Crippen molar-refractivity contribution in [1.29, 1.82) is 0 Å². The van der Waals surface area contributed by atoms with Gasteiger partial charge in [0.25, 0.3) is 0 Å². The lowest BCUT2D eigenvalue weighted by Gasteiger charge is -2.32. The topological polar surface area (TPSA) is 60.4 Å². The molecule has 2 rings (SSSR count). The molecule has 0 spiro atoms. The van der Waals surface area contributed by atoms with Crippen LogP contribution in [0.2, 0.25) is 5.28 Å². The molecule has 1 atom stereocenters. The van der Waals surface area contributed by atoms with Gasteiger partial charge < -0.3 is 14.4 Å². The lowest BCUT2D eigenvalue weighted by molar-refractivity contribution is 0.0523. The van der Waals surface area contributed by atoms with Crippen LogP contribution in [0.3, 0.4) is 0 Å². The number of ether oxygens (including phenoxy) is 2. The van der Waals surface area contributed by atoms with Crippen molar-refractivity contribution in [3.63, 3.8) is 0 Å². The van der Waals surface area contributed by atoms with Crippen LogP contribution in [0.15, 0.2) is 0 Å². The lowest BCUT2D eigenvalue weighted by atomic mass is 10.1. The Morgan fingerprint density at radius 1 is 1.26 bits per heavy atom. The van der Waals surface area contributed by atoms with E-state index in [1.807, 2.05) is 13.8 Å². The summed E-state index contributed by atoms with van der Waals surface area (Å²) >= 11 is 5.90. The van der Waals surface area contributed by atoms with E-state index in [0.717, 1.165) is 32.5 Å². The molecule has 1 aliphatic rings. The number of hydrogen-bond acceptors (Lipinski definition) is 6. The summed E-state index contributed by atoms with van der Waals surface area (Å²) in [4.78, 5) is 14.5. The zero-order valence-corrected chi connectivity index (χ0v) is 12.1. The average molecular weight is 287 g/mol. The lowest BCUT2D eigenvalue weighted by Crippen LogP contribution is -2.40. The Hall–Kier alpha value is -1.14. The molecule has 1 unspecified atom stereocenters. The molecule has 1 aromatic rings. The third-order valence-electron chi connectivity index (χ3n) is 2.91. The predicted octanol–water partition coefficient (Wildman–Crippen LogP) is 1.93. The predicted molar refractivity (Wildman–Crippen MR) is 72.9 cm³/mol. The van der Waals surface area contributed by atoms with Gasteiger partial charge in [0.05, 0.1) is 12.7 Å². The Morgan fingerprint density at radius 3 is 2.84 bits per heavy atom. The van der Waals surface area contributed by atoms with Gasteiger partial charge in [-0.1, -0.05) is 0 Å². The summed E-state index contributed by atoms with van der Waals surface area (Å²) in [6, 6.07) is 0.274.